The minimum absolute atomic E-state index is 0.0366. The maximum Gasteiger partial charge on any atom is 0.251 e. The van der Waals surface area contributed by atoms with Crippen molar-refractivity contribution in [3.63, 3.8) is 0 Å². The lowest BCUT2D eigenvalue weighted by Crippen LogP contribution is -2.47. The molecule has 1 aromatic carbocycles. The van der Waals surface area contributed by atoms with E-state index < -0.39 is 6.04 Å². The number of nitrogens with zero attached hydrogens (tertiary/aromatic N) is 2. The quantitative estimate of drug-likeness (QED) is 0.835. The minimum atomic E-state index is -0.616. The molecular weight excluding hydrogens is 328 g/mol. The third-order valence-electron chi connectivity index (χ3n) is 4.86. The number of hydrogen-bond acceptors (Lipinski definition) is 3. The minimum Gasteiger partial charge on any atom is -0.340 e. The van der Waals surface area contributed by atoms with Crippen molar-refractivity contribution in [2.75, 3.05) is 5.32 Å². The summed E-state index contributed by atoms with van der Waals surface area (Å²) < 4.78 is 1.90. The van der Waals surface area contributed by atoms with Crippen LogP contribution in [0.4, 0.5) is 5.82 Å². The average Bonchev–Trinajstić information content (AvgIpc) is 3.31. The maximum absolute atomic E-state index is 12.8. The van der Waals surface area contributed by atoms with E-state index in [-0.39, 0.29) is 17.7 Å². The Hall–Kier alpha value is -2.63. The van der Waals surface area contributed by atoms with Gasteiger partial charge in [-0.1, -0.05) is 44.9 Å². The summed E-state index contributed by atoms with van der Waals surface area (Å²) >= 11 is 0. The van der Waals surface area contributed by atoms with E-state index in [1.807, 2.05) is 30.7 Å². The zero-order valence-corrected chi connectivity index (χ0v) is 15.3. The van der Waals surface area contributed by atoms with Crippen LogP contribution in [0.5, 0.6) is 0 Å². The SMILES string of the molecule is CC(C)[C@H](NC(=O)c1ccccc1)C(=O)Nc1ccnn1C1CCCC1. The fourth-order valence-electron chi connectivity index (χ4n) is 3.41. The van der Waals surface area contributed by atoms with Gasteiger partial charge in [-0.15, -0.1) is 0 Å². The van der Waals surface area contributed by atoms with Gasteiger partial charge in [0, 0.05) is 11.6 Å². The number of carbonyl (C=O) groups excluding carboxylic acids is 2. The Labute approximate surface area is 154 Å². The average molecular weight is 354 g/mol. The van der Waals surface area contributed by atoms with E-state index in [1.165, 1.54) is 12.8 Å². The monoisotopic (exact) mass is 354 g/mol. The van der Waals surface area contributed by atoms with Crippen LogP contribution < -0.4 is 10.6 Å². The van der Waals surface area contributed by atoms with Crippen LogP contribution in [0.1, 0.15) is 55.9 Å². The summed E-state index contributed by atoms with van der Waals surface area (Å²) in [5.41, 5.74) is 0.543. The predicted molar refractivity (Wildman–Crippen MR) is 101 cm³/mol. The lowest BCUT2D eigenvalue weighted by atomic mass is 10.0. The highest BCUT2D eigenvalue weighted by molar-refractivity contribution is 6.01. The van der Waals surface area contributed by atoms with Crippen LogP contribution in [0.15, 0.2) is 42.6 Å². The number of nitrogens with one attached hydrogen (secondary N) is 2. The standard InChI is InChI=1S/C20H26N4O2/c1-14(2)18(23-19(25)15-8-4-3-5-9-15)20(26)22-17-12-13-21-24(17)16-10-6-7-11-16/h3-5,8-9,12-14,16,18H,6-7,10-11H2,1-2H3,(H,22,26)(H,23,25)/t18-/m0/s1. The number of rotatable bonds is 6. The van der Waals surface area contributed by atoms with E-state index in [4.69, 9.17) is 0 Å². The summed E-state index contributed by atoms with van der Waals surface area (Å²) in [5.74, 6) is 0.194. The number of anilines is 1. The molecule has 2 aromatic rings. The zero-order chi connectivity index (χ0) is 18.5. The van der Waals surface area contributed by atoms with Gasteiger partial charge < -0.3 is 10.6 Å². The third-order valence-corrected chi connectivity index (χ3v) is 4.86. The van der Waals surface area contributed by atoms with Gasteiger partial charge in [-0.25, -0.2) is 4.68 Å². The fraction of sp³-hybridized carbons (Fsp3) is 0.450. The largest absolute Gasteiger partial charge is 0.340 e. The first-order chi connectivity index (χ1) is 12.6. The number of aromatic nitrogens is 2. The molecule has 2 amide bonds. The molecule has 1 fully saturated rings. The molecule has 0 radical (unpaired) electrons. The van der Waals surface area contributed by atoms with Gasteiger partial charge >= 0.3 is 0 Å². The first-order valence-electron chi connectivity index (χ1n) is 9.26. The van der Waals surface area contributed by atoms with Crippen LogP contribution in [-0.4, -0.2) is 27.6 Å². The van der Waals surface area contributed by atoms with Crippen LogP contribution in [0, 0.1) is 5.92 Å². The lowest BCUT2D eigenvalue weighted by molar-refractivity contribution is -0.118. The number of benzene rings is 1. The highest BCUT2D eigenvalue weighted by Crippen LogP contribution is 2.31. The predicted octanol–water partition coefficient (Wildman–Crippen LogP) is 3.39. The molecule has 0 spiro atoms. The van der Waals surface area contributed by atoms with Crippen LogP contribution in [0.3, 0.4) is 0 Å². The van der Waals surface area contributed by atoms with Crippen molar-refractivity contribution in [3.05, 3.63) is 48.2 Å². The molecule has 6 nitrogen and oxygen atoms in total. The van der Waals surface area contributed by atoms with Gasteiger partial charge in [0.1, 0.15) is 11.9 Å². The molecule has 1 heterocycles. The molecule has 26 heavy (non-hydrogen) atoms. The van der Waals surface area contributed by atoms with E-state index in [9.17, 15) is 9.59 Å². The highest BCUT2D eigenvalue weighted by Gasteiger charge is 2.27. The summed E-state index contributed by atoms with van der Waals surface area (Å²) in [4.78, 5) is 25.3. The number of carbonyl (C=O) groups is 2. The second-order valence-corrected chi connectivity index (χ2v) is 7.15. The second kappa shape index (κ2) is 8.17. The maximum atomic E-state index is 12.8. The third kappa shape index (κ3) is 4.12. The van der Waals surface area contributed by atoms with Gasteiger partial charge in [-0.3, -0.25) is 9.59 Å². The van der Waals surface area contributed by atoms with E-state index in [0.717, 1.165) is 12.8 Å². The highest BCUT2D eigenvalue weighted by atomic mass is 16.2. The van der Waals surface area contributed by atoms with Gasteiger partial charge in [0.15, 0.2) is 0 Å². The molecule has 6 heteroatoms. The molecule has 3 rings (SSSR count). The molecule has 2 N–H and O–H groups in total. The zero-order valence-electron chi connectivity index (χ0n) is 15.3. The molecule has 0 saturated heterocycles. The second-order valence-electron chi connectivity index (χ2n) is 7.15. The van der Waals surface area contributed by atoms with Gasteiger partial charge in [0.05, 0.1) is 12.2 Å². The normalized spacial score (nSPS) is 15.8. The Morgan fingerprint density at radius 1 is 1.12 bits per heavy atom. The van der Waals surface area contributed by atoms with Crippen molar-refractivity contribution in [2.24, 2.45) is 5.92 Å². The number of amides is 2. The summed E-state index contributed by atoms with van der Waals surface area (Å²) in [7, 11) is 0. The van der Waals surface area contributed by atoms with Crippen molar-refractivity contribution in [2.45, 2.75) is 51.6 Å². The van der Waals surface area contributed by atoms with Crippen molar-refractivity contribution >= 4 is 17.6 Å². The molecular formula is C20H26N4O2. The lowest BCUT2D eigenvalue weighted by Gasteiger charge is -2.22. The molecule has 1 saturated carbocycles. The smallest absolute Gasteiger partial charge is 0.251 e. The Bertz CT molecular complexity index is 748. The van der Waals surface area contributed by atoms with Gasteiger partial charge in [-0.2, -0.15) is 5.10 Å². The van der Waals surface area contributed by atoms with Crippen LogP contribution in [-0.2, 0) is 4.79 Å². The van der Waals surface area contributed by atoms with E-state index in [0.29, 0.717) is 17.4 Å². The molecule has 1 aromatic heterocycles. The van der Waals surface area contributed by atoms with Gasteiger partial charge in [-0.05, 0) is 30.9 Å². The topological polar surface area (TPSA) is 76.0 Å². The van der Waals surface area contributed by atoms with Crippen LogP contribution in [0.25, 0.3) is 0 Å². The Kier molecular flexibility index (Phi) is 5.71. The van der Waals surface area contributed by atoms with Gasteiger partial charge in [0.2, 0.25) is 5.91 Å². The number of hydrogen-bond donors (Lipinski definition) is 2. The van der Waals surface area contributed by atoms with E-state index >= 15 is 0 Å². The molecule has 0 bridgehead atoms. The molecule has 1 atom stereocenters. The van der Waals surface area contributed by atoms with Crippen molar-refractivity contribution in [1.29, 1.82) is 0 Å². The molecule has 0 aliphatic heterocycles. The summed E-state index contributed by atoms with van der Waals surface area (Å²) in [6, 6.07) is 10.5. The summed E-state index contributed by atoms with van der Waals surface area (Å²) in [6.45, 7) is 3.84. The van der Waals surface area contributed by atoms with E-state index in [1.54, 1.807) is 30.5 Å². The Morgan fingerprint density at radius 3 is 2.46 bits per heavy atom. The van der Waals surface area contributed by atoms with Crippen molar-refractivity contribution < 1.29 is 9.59 Å². The van der Waals surface area contributed by atoms with E-state index in [2.05, 4.69) is 15.7 Å². The molecule has 138 valence electrons. The van der Waals surface area contributed by atoms with Crippen molar-refractivity contribution in [3.8, 4) is 0 Å². The Morgan fingerprint density at radius 2 is 1.81 bits per heavy atom. The van der Waals surface area contributed by atoms with Crippen molar-refractivity contribution in [1.82, 2.24) is 15.1 Å². The summed E-state index contributed by atoms with van der Waals surface area (Å²) in [6.07, 6.45) is 6.27. The first kappa shape index (κ1) is 18.2. The molecule has 1 aliphatic carbocycles. The first-order valence-corrected chi connectivity index (χ1v) is 9.26. The summed E-state index contributed by atoms with van der Waals surface area (Å²) in [5, 5.41) is 10.2. The molecule has 0 unspecified atom stereocenters. The fourth-order valence-corrected chi connectivity index (χ4v) is 3.41. The molecule has 1 aliphatic rings. The van der Waals surface area contributed by atoms with Crippen LogP contribution >= 0.6 is 0 Å². The Balaban J connectivity index is 1.70. The van der Waals surface area contributed by atoms with Crippen LogP contribution in [0.2, 0.25) is 0 Å². The van der Waals surface area contributed by atoms with Gasteiger partial charge in [0.25, 0.3) is 5.91 Å².